The molecule has 0 saturated heterocycles. The maximum Gasteiger partial charge on any atom is 0.0850 e. The van der Waals surface area contributed by atoms with Gasteiger partial charge in [0.1, 0.15) is 0 Å². The second-order valence-electron chi connectivity index (χ2n) is 7.10. The lowest BCUT2D eigenvalue weighted by molar-refractivity contribution is -0.0418. The topological polar surface area (TPSA) is 32.3 Å². The van der Waals surface area contributed by atoms with Crippen molar-refractivity contribution in [2.75, 3.05) is 5.32 Å². The van der Waals surface area contributed by atoms with E-state index in [9.17, 15) is 5.11 Å². The Hall–Kier alpha value is -1.02. The minimum Gasteiger partial charge on any atom is -0.388 e. The van der Waals surface area contributed by atoms with E-state index >= 15 is 0 Å². The third-order valence-corrected chi connectivity index (χ3v) is 5.44. The van der Waals surface area contributed by atoms with Crippen molar-refractivity contribution in [3.8, 4) is 0 Å². The van der Waals surface area contributed by atoms with Crippen LogP contribution in [0.2, 0.25) is 0 Å². The second kappa shape index (κ2) is 5.40. The number of hydrogen-bond donors (Lipinski definition) is 2. The van der Waals surface area contributed by atoms with Gasteiger partial charge in [0.2, 0.25) is 0 Å². The van der Waals surface area contributed by atoms with E-state index in [1.807, 2.05) is 0 Å². The fraction of sp³-hybridized carbons (Fsp3) is 0.667. The third-order valence-electron chi connectivity index (χ3n) is 5.44. The number of aryl methyl sites for hydroxylation is 1. The molecule has 1 aromatic carbocycles. The number of fused-ring (bicyclic) bond motifs is 1. The van der Waals surface area contributed by atoms with E-state index in [-0.39, 0.29) is 6.04 Å². The Bertz CT molecular complexity index is 470. The van der Waals surface area contributed by atoms with Crippen LogP contribution in [0.5, 0.6) is 0 Å². The highest BCUT2D eigenvalue weighted by atomic mass is 16.3. The standard InChI is InChI=1S/C18H27NO/c1-13(2)15-7-5-11-18(20,12-15)17-10-9-14-6-3-4-8-16(14)19-17/h3-4,6,8,13,15,17,19-20H,5,7,9-12H2,1-2H3. The molecule has 3 atom stereocenters. The third kappa shape index (κ3) is 2.58. The van der Waals surface area contributed by atoms with Gasteiger partial charge in [0, 0.05) is 5.69 Å². The van der Waals surface area contributed by atoms with Crippen LogP contribution in [0, 0.1) is 11.8 Å². The Morgan fingerprint density at radius 2 is 2.05 bits per heavy atom. The SMILES string of the molecule is CC(C)C1CCCC(O)(C2CCc3ccccc3N2)C1. The molecule has 20 heavy (non-hydrogen) atoms. The van der Waals surface area contributed by atoms with Crippen LogP contribution in [-0.2, 0) is 6.42 Å². The van der Waals surface area contributed by atoms with E-state index in [2.05, 4.69) is 43.4 Å². The summed E-state index contributed by atoms with van der Waals surface area (Å²) in [5.41, 5.74) is 2.10. The van der Waals surface area contributed by atoms with Gasteiger partial charge >= 0.3 is 0 Å². The smallest absolute Gasteiger partial charge is 0.0850 e. The molecule has 1 heterocycles. The van der Waals surface area contributed by atoms with Gasteiger partial charge in [-0.2, -0.15) is 0 Å². The highest BCUT2D eigenvalue weighted by molar-refractivity contribution is 5.54. The molecule has 0 amide bonds. The molecular weight excluding hydrogens is 246 g/mol. The van der Waals surface area contributed by atoms with E-state index in [1.165, 1.54) is 24.1 Å². The van der Waals surface area contributed by atoms with Crippen molar-refractivity contribution in [2.24, 2.45) is 11.8 Å². The van der Waals surface area contributed by atoms with Crippen LogP contribution in [-0.4, -0.2) is 16.7 Å². The lowest BCUT2D eigenvalue weighted by Crippen LogP contribution is -2.51. The molecular formula is C18H27NO. The van der Waals surface area contributed by atoms with E-state index in [4.69, 9.17) is 0 Å². The molecule has 1 fully saturated rings. The van der Waals surface area contributed by atoms with Gasteiger partial charge in [-0.05, 0) is 55.6 Å². The van der Waals surface area contributed by atoms with Crippen LogP contribution in [0.3, 0.4) is 0 Å². The minimum absolute atomic E-state index is 0.221. The van der Waals surface area contributed by atoms with Gasteiger partial charge < -0.3 is 10.4 Å². The lowest BCUT2D eigenvalue weighted by atomic mass is 9.69. The van der Waals surface area contributed by atoms with E-state index < -0.39 is 5.60 Å². The summed E-state index contributed by atoms with van der Waals surface area (Å²) < 4.78 is 0. The Balaban J connectivity index is 1.76. The molecule has 110 valence electrons. The first kappa shape index (κ1) is 13.9. The number of benzene rings is 1. The molecule has 0 aromatic heterocycles. The first-order chi connectivity index (χ1) is 9.58. The van der Waals surface area contributed by atoms with Crippen LogP contribution in [0.25, 0.3) is 0 Å². The summed E-state index contributed by atoms with van der Waals surface area (Å²) in [6, 6.07) is 8.74. The first-order valence-corrected chi connectivity index (χ1v) is 8.15. The second-order valence-corrected chi connectivity index (χ2v) is 7.10. The lowest BCUT2D eigenvalue weighted by Gasteiger charge is -2.45. The molecule has 2 heteroatoms. The maximum absolute atomic E-state index is 11.2. The van der Waals surface area contributed by atoms with Crippen molar-refractivity contribution < 1.29 is 5.11 Å². The number of aliphatic hydroxyl groups is 1. The Morgan fingerprint density at radius 1 is 1.25 bits per heavy atom. The van der Waals surface area contributed by atoms with Crippen molar-refractivity contribution in [3.63, 3.8) is 0 Å². The van der Waals surface area contributed by atoms with Gasteiger partial charge in [-0.3, -0.25) is 0 Å². The Labute approximate surface area is 122 Å². The normalized spacial score (nSPS) is 33.6. The van der Waals surface area contributed by atoms with E-state index in [0.717, 1.165) is 25.7 Å². The van der Waals surface area contributed by atoms with Crippen LogP contribution < -0.4 is 5.32 Å². The molecule has 1 aromatic rings. The van der Waals surface area contributed by atoms with Gasteiger partial charge in [-0.1, -0.05) is 38.5 Å². The average molecular weight is 273 g/mol. The van der Waals surface area contributed by atoms with Gasteiger partial charge in [0.25, 0.3) is 0 Å². The van der Waals surface area contributed by atoms with Crippen LogP contribution >= 0.6 is 0 Å². The summed E-state index contributed by atoms with van der Waals surface area (Å²) >= 11 is 0. The molecule has 0 radical (unpaired) electrons. The van der Waals surface area contributed by atoms with Crippen molar-refractivity contribution in [3.05, 3.63) is 29.8 Å². The predicted octanol–water partition coefficient (Wildman–Crippen LogP) is 3.99. The molecule has 3 unspecified atom stereocenters. The summed E-state index contributed by atoms with van der Waals surface area (Å²) in [5, 5.41) is 14.8. The zero-order valence-electron chi connectivity index (χ0n) is 12.7. The van der Waals surface area contributed by atoms with Gasteiger partial charge in [0.05, 0.1) is 11.6 Å². The largest absolute Gasteiger partial charge is 0.388 e. The summed E-state index contributed by atoms with van der Waals surface area (Å²) in [4.78, 5) is 0. The highest BCUT2D eigenvalue weighted by Crippen LogP contribution is 2.41. The van der Waals surface area contributed by atoms with Crippen LogP contribution in [0.1, 0.15) is 51.5 Å². The average Bonchev–Trinajstić information content (AvgIpc) is 2.47. The number of hydrogen-bond acceptors (Lipinski definition) is 2. The molecule has 0 bridgehead atoms. The van der Waals surface area contributed by atoms with Gasteiger partial charge in [-0.15, -0.1) is 0 Å². The molecule has 3 rings (SSSR count). The summed E-state index contributed by atoms with van der Waals surface area (Å²) in [6.07, 6.45) is 6.50. The van der Waals surface area contributed by atoms with E-state index in [1.54, 1.807) is 0 Å². The minimum atomic E-state index is -0.513. The maximum atomic E-state index is 11.2. The number of para-hydroxylation sites is 1. The molecule has 2 N–H and O–H groups in total. The van der Waals surface area contributed by atoms with E-state index in [0.29, 0.717) is 11.8 Å². The van der Waals surface area contributed by atoms with Gasteiger partial charge in [-0.25, -0.2) is 0 Å². The fourth-order valence-corrected chi connectivity index (χ4v) is 4.06. The molecule has 1 aliphatic heterocycles. The summed E-state index contributed by atoms with van der Waals surface area (Å²) in [5.74, 6) is 1.35. The summed E-state index contributed by atoms with van der Waals surface area (Å²) in [7, 11) is 0. The molecule has 2 nitrogen and oxygen atoms in total. The van der Waals surface area contributed by atoms with Crippen LogP contribution in [0.4, 0.5) is 5.69 Å². The molecule has 1 aliphatic carbocycles. The van der Waals surface area contributed by atoms with Crippen molar-refractivity contribution >= 4 is 5.69 Å². The van der Waals surface area contributed by atoms with Gasteiger partial charge in [0.15, 0.2) is 0 Å². The Kier molecular flexibility index (Phi) is 3.76. The highest BCUT2D eigenvalue weighted by Gasteiger charge is 2.42. The zero-order chi connectivity index (χ0) is 14.2. The first-order valence-electron chi connectivity index (χ1n) is 8.15. The number of anilines is 1. The van der Waals surface area contributed by atoms with Crippen molar-refractivity contribution in [2.45, 2.75) is 64.0 Å². The monoisotopic (exact) mass is 273 g/mol. The van der Waals surface area contributed by atoms with Crippen LogP contribution in [0.15, 0.2) is 24.3 Å². The molecule has 2 aliphatic rings. The quantitative estimate of drug-likeness (QED) is 0.854. The van der Waals surface area contributed by atoms with Crippen molar-refractivity contribution in [1.82, 2.24) is 0 Å². The predicted molar refractivity (Wildman–Crippen MR) is 83.9 cm³/mol. The number of rotatable bonds is 2. The zero-order valence-corrected chi connectivity index (χ0v) is 12.7. The fourth-order valence-electron chi connectivity index (χ4n) is 4.06. The van der Waals surface area contributed by atoms with Crippen molar-refractivity contribution in [1.29, 1.82) is 0 Å². The summed E-state index contributed by atoms with van der Waals surface area (Å²) in [6.45, 7) is 4.58. The molecule has 1 saturated carbocycles. The number of nitrogens with one attached hydrogen (secondary N) is 1. The molecule has 0 spiro atoms. The Morgan fingerprint density at radius 3 is 2.85 bits per heavy atom.